The van der Waals surface area contributed by atoms with Crippen LogP contribution in [0.5, 0.6) is 0 Å². The summed E-state index contributed by atoms with van der Waals surface area (Å²) >= 11 is 0. The number of benzene rings is 1. The fourth-order valence-electron chi connectivity index (χ4n) is 2.64. The van der Waals surface area contributed by atoms with Gasteiger partial charge in [-0.05, 0) is 36.1 Å². The average molecular weight is 323 g/mol. The minimum absolute atomic E-state index is 0.191. The van der Waals surface area contributed by atoms with Crippen molar-refractivity contribution in [2.24, 2.45) is 0 Å². The molecule has 0 spiro atoms. The highest BCUT2D eigenvalue weighted by molar-refractivity contribution is 6.05. The minimum atomic E-state index is -0.191. The number of rotatable bonds is 5. The van der Waals surface area contributed by atoms with Crippen molar-refractivity contribution in [1.29, 1.82) is 0 Å². The molecular formula is C19H21N3O2. The van der Waals surface area contributed by atoms with E-state index in [9.17, 15) is 4.79 Å². The molecule has 0 saturated carbocycles. The van der Waals surface area contributed by atoms with Crippen LogP contribution in [0.3, 0.4) is 0 Å². The van der Waals surface area contributed by atoms with Gasteiger partial charge in [-0.15, -0.1) is 0 Å². The van der Waals surface area contributed by atoms with Crippen LogP contribution in [0.2, 0.25) is 0 Å². The smallest absolute Gasteiger partial charge is 0.257 e. The van der Waals surface area contributed by atoms with E-state index in [1.807, 2.05) is 38.1 Å². The fraction of sp³-hybridized carbons (Fsp3) is 0.316. The number of hydrogen-bond acceptors (Lipinski definition) is 4. The Morgan fingerprint density at radius 3 is 2.67 bits per heavy atom. The summed E-state index contributed by atoms with van der Waals surface area (Å²) < 4.78 is 5.21. The quantitative estimate of drug-likeness (QED) is 0.748. The third kappa shape index (κ3) is 3.30. The van der Waals surface area contributed by atoms with Crippen molar-refractivity contribution in [3.8, 4) is 0 Å². The number of hydrogen-bond donors (Lipinski definition) is 1. The van der Waals surface area contributed by atoms with Crippen molar-refractivity contribution < 1.29 is 9.32 Å². The van der Waals surface area contributed by atoms with Crippen LogP contribution in [0.4, 0.5) is 5.69 Å². The van der Waals surface area contributed by atoms with E-state index in [4.69, 9.17) is 4.52 Å². The van der Waals surface area contributed by atoms with Gasteiger partial charge >= 0.3 is 0 Å². The normalized spacial score (nSPS) is 11.2. The van der Waals surface area contributed by atoms with E-state index in [1.165, 1.54) is 11.8 Å². The zero-order valence-corrected chi connectivity index (χ0v) is 14.2. The maximum Gasteiger partial charge on any atom is 0.257 e. The van der Waals surface area contributed by atoms with Crippen molar-refractivity contribution >= 4 is 22.7 Å². The summed E-state index contributed by atoms with van der Waals surface area (Å²) in [5, 5.41) is 7.73. The van der Waals surface area contributed by atoms with E-state index in [-0.39, 0.29) is 11.8 Å². The lowest BCUT2D eigenvalue weighted by atomic mass is 10.1. The number of aryl methyl sites for hydroxylation is 1. The maximum absolute atomic E-state index is 12.5. The molecule has 1 amide bonds. The first kappa shape index (κ1) is 16.2. The highest BCUT2D eigenvalue weighted by Crippen LogP contribution is 2.24. The van der Waals surface area contributed by atoms with Gasteiger partial charge in [0.05, 0.1) is 16.6 Å². The number of aromatic nitrogens is 2. The first-order valence-corrected chi connectivity index (χ1v) is 8.24. The van der Waals surface area contributed by atoms with Crippen molar-refractivity contribution in [2.75, 3.05) is 5.32 Å². The predicted molar refractivity (Wildman–Crippen MR) is 94.3 cm³/mol. The Kier molecular flexibility index (Phi) is 4.60. The van der Waals surface area contributed by atoms with Gasteiger partial charge in [-0.2, -0.15) is 0 Å². The van der Waals surface area contributed by atoms with Crippen LogP contribution in [0.25, 0.3) is 11.1 Å². The van der Waals surface area contributed by atoms with Gasteiger partial charge in [0.2, 0.25) is 0 Å². The summed E-state index contributed by atoms with van der Waals surface area (Å²) in [6.07, 6.45) is 3.66. The molecule has 0 saturated heterocycles. The number of nitrogens with one attached hydrogen (secondary N) is 1. The van der Waals surface area contributed by atoms with Gasteiger partial charge in [0.25, 0.3) is 11.6 Å². The highest BCUT2D eigenvalue weighted by atomic mass is 16.5. The molecule has 0 radical (unpaired) electrons. The molecule has 24 heavy (non-hydrogen) atoms. The molecule has 0 atom stereocenters. The third-order valence-electron chi connectivity index (χ3n) is 3.92. The van der Waals surface area contributed by atoms with Gasteiger partial charge in [0, 0.05) is 11.9 Å². The maximum atomic E-state index is 12.5. The Morgan fingerprint density at radius 1 is 1.25 bits per heavy atom. The number of pyridine rings is 1. The Labute approximate surface area is 141 Å². The Morgan fingerprint density at radius 2 is 2.00 bits per heavy atom. The molecule has 2 heterocycles. The van der Waals surface area contributed by atoms with Crippen LogP contribution in [0, 0.1) is 0 Å². The van der Waals surface area contributed by atoms with Crippen LogP contribution in [-0.2, 0) is 6.42 Å². The van der Waals surface area contributed by atoms with Crippen LogP contribution in [0.15, 0.2) is 41.1 Å². The van der Waals surface area contributed by atoms with Gasteiger partial charge < -0.3 is 9.84 Å². The van der Waals surface area contributed by atoms with Crippen molar-refractivity contribution in [3.05, 3.63) is 53.3 Å². The summed E-state index contributed by atoms with van der Waals surface area (Å²) in [5.41, 5.74) is 3.81. The molecule has 124 valence electrons. The molecule has 0 bridgehead atoms. The van der Waals surface area contributed by atoms with Crippen molar-refractivity contribution in [3.63, 3.8) is 0 Å². The fourth-order valence-corrected chi connectivity index (χ4v) is 2.64. The first-order valence-electron chi connectivity index (χ1n) is 8.24. The third-order valence-corrected chi connectivity index (χ3v) is 3.92. The summed E-state index contributed by atoms with van der Waals surface area (Å²) in [6.45, 7) is 6.21. The molecule has 5 heteroatoms. The number of fused-ring (bicyclic) bond motifs is 1. The van der Waals surface area contributed by atoms with Crippen LogP contribution in [-0.4, -0.2) is 16.0 Å². The van der Waals surface area contributed by atoms with Crippen molar-refractivity contribution in [1.82, 2.24) is 10.1 Å². The molecule has 5 nitrogen and oxygen atoms in total. The summed E-state index contributed by atoms with van der Waals surface area (Å²) in [6, 6.07) is 9.71. The first-order chi connectivity index (χ1) is 11.6. The van der Waals surface area contributed by atoms with E-state index < -0.39 is 0 Å². The minimum Gasteiger partial charge on any atom is -0.336 e. The molecule has 0 fully saturated rings. The Balaban J connectivity index is 1.81. The molecule has 3 rings (SSSR count). The zero-order valence-electron chi connectivity index (χ0n) is 14.2. The molecule has 0 aliphatic heterocycles. The SMILES string of the molecule is CCCc1ccc(NC(=O)c2cnc3onc(C(C)C)c3c2)cc1. The van der Waals surface area contributed by atoms with E-state index in [2.05, 4.69) is 22.4 Å². The molecule has 1 N–H and O–H groups in total. The Hall–Kier alpha value is -2.69. The largest absolute Gasteiger partial charge is 0.336 e. The molecular weight excluding hydrogens is 302 g/mol. The lowest BCUT2D eigenvalue weighted by Gasteiger charge is -2.06. The van der Waals surface area contributed by atoms with E-state index in [0.717, 1.165) is 29.6 Å². The van der Waals surface area contributed by atoms with Crippen LogP contribution >= 0.6 is 0 Å². The highest BCUT2D eigenvalue weighted by Gasteiger charge is 2.15. The number of carbonyl (C=O) groups is 1. The summed E-state index contributed by atoms with van der Waals surface area (Å²) in [7, 11) is 0. The lowest BCUT2D eigenvalue weighted by molar-refractivity contribution is 0.102. The topological polar surface area (TPSA) is 68.0 Å². The molecule has 0 aliphatic rings. The second-order valence-corrected chi connectivity index (χ2v) is 6.20. The molecule has 2 aromatic heterocycles. The number of anilines is 1. The van der Waals surface area contributed by atoms with Gasteiger partial charge in [-0.3, -0.25) is 4.79 Å². The second kappa shape index (κ2) is 6.83. The monoisotopic (exact) mass is 323 g/mol. The molecule has 3 aromatic rings. The van der Waals surface area contributed by atoms with Crippen LogP contribution in [0.1, 0.15) is 54.7 Å². The van der Waals surface area contributed by atoms with Gasteiger partial charge in [0.1, 0.15) is 0 Å². The lowest BCUT2D eigenvalue weighted by Crippen LogP contribution is -2.12. The van der Waals surface area contributed by atoms with Gasteiger partial charge in [0.15, 0.2) is 0 Å². The Bertz CT molecular complexity index is 851. The molecule has 1 aromatic carbocycles. The average Bonchev–Trinajstić information content (AvgIpc) is 3.00. The number of amides is 1. The van der Waals surface area contributed by atoms with Crippen molar-refractivity contribution in [2.45, 2.75) is 39.5 Å². The standard InChI is InChI=1S/C19H21N3O2/c1-4-5-13-6-8-15(9-7-13)21-18(23)14-10-16-17(12(2)3)22-24-19(16)20-11-14/h6-12H,4-5H2,1-3H3,(H,21,23). The second-order valence-electron chi connectivity index (χ2n) is 6.20. The predicted octanol–water partition coefficient (Wildman–Crippen LogP) is 4.55. The van der Waals surface area contributed by atoms with Crippen LogP contribution < -0.4 is 5.32 Å². The molecule has 0 aliphatic carbocycles. The number of nitrogens with zero attached hydrogens (tertiary/aromatic N) is 2. The number of carbonyl (C=O) groups excluding carboxylic acids is 1. The van der Waals surface area contributed by atoms with E-state index >= 15 is 0 Å². The summed E-state index contributed by atoms with van der Waals surface area (Å²) in [4.78, 5) is 16.7. The molecule has 0 unspecified atom stereocenters. The zero-order chi connectivity index (χ0) is 17.1. The van der Waals surface area contributed by atoms with Gasteiger partial charge in [-0.1, -0.05) is 44.5 Å². The summed E-state index contributed by atoms with van der Waals surface area (Å²) in [5.74, 6) is 0.0148. The van der Waals surface area contributed by atoms with Gasteiger partial charge in [-0.25, -0.2) is 4.98 Å². The van der Waals surface area contributed by atoms with E-state index in [0.29, 0.717) is 11.3 Å². The van der Waals surface area contributed by atoms with E-state index in [1.54, 1.807) is 6.07 Å².